The van der Waals surface area contributed by atoms with Gasteiger partial charge in [0, 0.05) is 24.7 Å². The molecule has 0 heterocycles. The summed E-state index contributed by atoms with van der Waals surface area (Å²) in [5.41, 5.74) is 1.94. The standard InChI is InChI=1S/C22H27N3O5/c1-4-29-19-11-8-17(12-20(19)30-5-2)22(28)24-14-21(27)23-13-16-6-9-18(10-7-16)25-15(3)26/h6-12H,4-5,13-14H2,1-3H3,(H,23,27)(H,24,28)(H,25,26). The highest BCUT2D eigenvalue weighted by Crippen LogP contribution is 2.28. The lowest BCUT2D eigenvalue weighted by Gasteiger charge is -2.12. The van der Waals surface area contributed by atoms with Crippen molar-refractivity contribution in [1.29, 1.82) is 0 Å². The third-order valence-electron chi connectivity index (χ3n) is 3.98. The zero-order chi connectivity index (χ0) is 21.9. The molecule has 2 aromatic rings. The second-order valence-corrected chi connectivity index (χ2v) is 6.37. The number of benzene rings is 2. The quantitative estimate of drug-likeness (QED) is 0.555. The molecule has 8 heteroatoms. The molecule has 3 amide bonds. The minimum absolute atomic E-state index is 0.146. The molecule has 0 aromatic heterocycles. The molecule has 8 nitrogen and oxygen atoms in total. The molecule has 0 radical (unpaired) electrons. The van der Waals surface area contributed by atoms with E-state index in [1.54, 1.807) is 42.5 Å². The van der Waals surface area contributed by atoms with Gasteiger partial charge in [-0.2, -0.15) is 0 Å². The Morgan fingerprint density at radius 1 is 0.867 bits per heavy atom. The fraction of sp³-hybridized carbons (Fsp3) is 0.318. The number of anilines is 1. The van der Waals surface area contributed by atoms with Crippen molar-refractivity contribution in [2.45, 2.75) is 27.3 Å². The Kier molecular flexibility index (Phi) is 8.68. The fourth-order valence-corrected chi connectivity index (χ4v) is 2.63. The Hall–Kier alpha value is -3.55. The van der Waals surface area contributed by atoms with Gasteiger partial charge in [-0.3, -0.25) is 14.4 Å². The molecule has 0 aliphatic carbocycles. The normalized spacial score (nSPS) is 10.1. The summed E-state index contributed by atoms with van der Waals surface area (Å²) in [5.74, 6) is 0.212. The van der Waals surface area contributed by atoms with Gasteiger partial charge in [-0.15, -0.1) is 0 Å². The number of carbonyl (C=O) groups is 3. The van der Waals surface area contributed by atoms with Crippen molar-refractivity contribution in [2.24, 2.45) is 0 Å². The van der Waals surface area contributed by atoms with Crippen LogP contribution in [-0.4, -0.2) is 37.5 Å². The van der Waals surface area contributed by atoms with E-state index in [9.17, 15) is 14.4 Å². The van der Waals surface area contributed by atoms with E-state index in [1.165, 1.54) is 6.92 Å². The minimum Gasteiger partial charge on any atom is -0.490 e. The molecule has 0 atom stereocenters. The lowest BCUT2D eigenvalue weighted by molar-refractivity contribution is -0.120. The smallest absolute Gasteiger partial charge is 0.251 e. The van der Waals surface area contributed by atoms with E-state index in [1.807, 2.05) is 13.8 Å². The van der Waals surface area contributed by atoms with Crippen LogP contribution in [0.4, 0.5) is 5.69 Å². The van der Waals surface area contributed by atoms with E-state index < -0.39 is 0 Å². The van der Waals surface area contributed by atoms with Gasteiger partial charge in [-0.05, 0) is 49.7 Å². The van der Waals surface area contributed by atoms with E-state index in [0.717, 1.165) is 5.56 Å². The number of ether oxygens (including phenoxy) is 2. The van der Waals surface area contributed by atoms with Crippen LogP contribution < -0.4 is 25.4 Å². The topological polar surface area (TPSA) is 106 Å². The van der Waals surface area contributed by atoms with Crippen LogP contribution in [0.15, 0.2) is 42.5 Å². The average Bonchev–Trinajstić information content (AvgIpc) is 2.72. The zero-order valence-corrected chi connectivity index (χ0v) is 17.4. The van der Waals surface area contributed by atoms with E-state index in [-0.39, 0.29) is 24.3 Å². The third kappa shape index (κ3) is 7.12. The highest BCUT2D eigenvalue weighted by atomic mass is 16.5. The Bertz CT molecular complexity index is 881. The van der Waals surface area contributed by atoms with Crippen molar-refractivity contribution < 1.29 is 23.9 Å². The average molecular weight is 413 g/mol. The second-order valence-electron chi connectivity index (χ2n) is 6.37. The van der Waals surface area contributed by atoms with Gasteiger partial charge < -0.3 is 25.4 Å². The van der Waals surface area contributed by atoms with Crippen LogP contribution in [0.5, 0.6) is 11.5 Å². The highest BCUT2D eigenvalue weighted by Gasteiger charge is 2.12. The summed E-state index contributed by atoms with van der Waals surface area (Å²) in [7, 11) is 0. The van der Waals surface area contributed by atoms with E-state index in [2.05, 4.69) is 16.0 Å². The maximum Gasteiger partial charge on any atom is 0.251 e. The number of amides is 3. The predicted molar refractivity (Wildman–Crippen MR) is 114 cm³/mol. The van der Waals surface area contributed by atoms with Crippen molar-refractivity contribution in [2.75, 3.05) is 25.1 Å². The predicted octanol–water partition coefficient (Wildman–Crippen LogP) is 2.49. The molecular formula is C22H27N3O5. The van der Waals surface area contributed by atoms with Gasteiger partial charge in [0.2, 0.25) is 11.8 Å². The van der Waals surface area contributed by atoms with E-state index >= 15 is 0 Å². The first-order chi connectivity index (χ1) is 14.4. The molecule has 0 saturated carbocycles. The summed E-state index contributed by atoms with van der Waals surface area (Å²) >= 11 is 0. The molecular weight excluding hydrogens is 386 g/mol. The number of nitrogens with one attached hydrogen (secondary N) is 3. The maximum atomic E-state index is 12.4. The summed E-state index contributed by atoms with van der Waals surface area (Å²) in [5, 5.41) is 8.01. The first-order valence-electron chi connectivity index (χ1n) is 9.74. The SMILES string of the molecule is CCOc1ccc(C(=O)NCC(=O)NCc2ccc(NC(C)=O)cc2)cc1OCC. The Morgan fingerprint density at radius 3 is 2.17 bits per heavy atom. The molecule has 30 heavy (non-hydrogen) atoms. The molecule has 0 aliphatic rings. The molecule has 0 saturated heterocycles. The number of hydrogen-bond acceptors (Lipinski definition) is 5. The van der Waals surface area contributed by atoms with Crippen molar-refractivity contribution in [3.05, 3.63) is 53.6 Å². The van der Waals surface area contributed by atoms with Gasteiger partial charge in [0.15, 0.2) is 11.5 Å². The van der Waals surface area contributed by atoms with Gasteiger partial charge in [0.25, 0.3) is 5.91 Å². The van der Waals surface area contributed by atoms with Crippen molar-refractivity contribution >= 4 is 23.4 Å². The van der Waals surface area contributed by atoms with Crippen LogP contribution in [0.25, 0.3) is 0 Å². The highest BCUT2D eigenvalue weighted by molar-refractivity contribution is 5.97. The van der Waals surface area contributed by atoms with Gasteiger partial charge >= 0.3 is 0 Å². The van der Waals surface area contributed by atoms with Gasteiger partial charge in [0.1, 0.15) is 0 Å². The molecule has 0 spiro atoms. The first-order valence-corrected chi connectivity index (χ1v) is 9.74. The third-order valence-corrected chi connectivity index (χ3v) is 3.98. The Labute approximate surface area is 175 Å². The molecule has 0 unspecified atom stereocenters. The number of hydrogen-bond donors (Lipinski definition) is 3. The summed E-state index contributed by atoms with van der Waals surface area (Å²) < 4.78 is 11.0. The largest absolute Gasteiger partial charge is 0.490 e. The van der Waals surface area contributed by atoms with Gasteiger partial charge in [0.05, 0.1) is 19.8 Å². The molecule has 0 fully saturated rings. The molecule has 0 bridgehead atoms. The van der Waals surface area contributed by atoms with Crippen LogP contribution in [0.1, 0.15) is 36.7 Å². The van der Waals surface area contributed by atoms with Crippen LogP contribution in [-0.2, 0) is 16.1 Å². The lowest BCUT2D eigenvalue weighted by atomic mass is 10.2. The van der Waals surface area contributed by atoms with Crippen LogP contribution in [0.2, 0.25) is 0 Å². The van der Waals surface area contributed by atoms with Crippen molar-refractivity contribution in [1.82, 2.24) is 10.6 Å². The number of rotatable bonds is 10. The Morgan fingerprint density at radius 2 is 1.53 bits per heavy atom. The summed E-state index contributed by atoms with van der Waals surface area (Å²) in [4.78, 5) is 35.4. The van der Waals surface area contributed by atoms with E-state index in [0.29, 0.717) is 42.5 Å². The lowest BCUT2D eigenvalue weighted by Crippen LogP contribution is -2.36. The van der Waals surface area contributed by atoms with Crippen LogP contribution in [0, 0.1) is 0 Å². The number of carbonyl (C=O) groups excluding carboxylic acids is 3. The molecule has 3 N–H and O–H groups in total. The molecule has 0 aliphatic heterocycles. The van der Waals surface area contributed by atoms with Crippen molar-refractivity contribution in [3.63, 3.8) is 0 Å². The molecule has 160 valence electrons. The molecule has 2 aromatic carbocycles. The maximum absolute atomic E-state index is 12.4. The van der Waals surface area contributed by atoms with Crippen LogP contribution in [0.3, 0.4) is 0 Å². The summed E-state index contributed by atoms with van der Waals surface area (Å²) in [6.07, 6.45) is 0. The zero-order valence-electron chi connectivity index (χ0n) is 17.4. The monoisotopic (exact) mass is 413 g/mol. The van der Waals surface area contributed by atoms with Gasteiger partial charge in [-0.1, -0.05) is 12.1 Å². The van der Waals surface area contributed by atoms with Crippen LogP contribution >= 0.6 is 0 Å². The van der Waals surface area contributed by atoms with Crippen molar-refractivity contribution in [3.8, 4) is 11.5 Å². The first kappa shape index (κ1) is 22.7. The minimum atomic E-state index is -0.381. The summed E-state index contributed by atoms with van der Waals surface area (Å²) in [6, 6.07) is 12.0. The molecule has 2 rings (SSSR count). The second kappa shape index (κ2) is 11.5. The Balaban J connectivity index is 1.84. The summed E-state index contributed by atoms with van der Waals surface area (Å²) in [6.45, 7) is 6.24. The van der Waals surface area contributed by atoms with Gasteiger partial charge in [-0.25, -0.2) is 0 Å². The fourth-order valence-electron chi connectivity index (χ4n) is 2.63. The van der Waals surface area contributed by atoms with E-state index in [4.69, 9.17) is 9.47 Å².